The molecule has 8 aromatic carbocycles. The summed E-state index contributed by atoms with van der Waals surface area (Å²) in [7, 11) is 0. The van der Waals surface area contributed by atoms with E-state index in [-0.39, 0.29) is 0 Å². The van der Waals surface area contributed by atoms with Crippen LogP contribution in [0.1, 0.15) is 0 Å². The zero-order valence-electron chi connectivity index (χ0n) is 26.5. The van der Waals surface area contributed by atoms with Crippen LogP contribution in [-0.2, 0) is 0 Å². The number of hydrogen-bond donors (Lipinski definition) is 0. The Morgan fingerprint density at radius 1 is 0.388 bits per heavy atom. The lowest BCUT2D eigenvalue weighted by Crippen LogP contribution is -2.09. The molecule has 0 saturated heterocycles. The summed E-state index contributed by atoms with van der Waals surface area (Å²) in [6.07, 6.45) is 0. The molecule has 0 N–H and O–H groups in total. The normalized spacial score (nSPS) is 12.1. The average Bonchev–Trinajstić information content (AvgIpc) is 3.71. The van der Waals surface area contributed by atoms with Gasteiger partial charge in [0.25, 0.3) is 0 Å². The van der Waals surface area contributed by atoms with Gasteiger partial charge >= 0.3 is 0 Å². The van der Waals surface area contributed by atoms with Crippen molar-refractivity contribution in [3.8, 4) is 11.1 Å². The Morgan fingerprint density at radius 3 is 2.02 bits per heavy atom. The molecule has 228 valence electrons. The Morgan fingerprint density at radius 2 is 1.08 bits per heavy atom. The molecule has 0 aliphatic heterocycles. The molecule has 49 heavy (non-hydrogen) atoms. The van der Waals surface area contributed by atoms with Crippen LogP contribution in [0.25, 0.3) is 81.9 Å². The van der Waals surface area contributed by atoms with Crippen molar-refractivity contribution in [3.05, 3.63) is 170 Å². The van der Waals surface area contributed by atoms with E-state index in [1.165, 1.54) is 60.0 Å². The van der Waals surface area contributed by atoms with Crippen LogP contribution in [0.4, 0.5) is 17.1 Å². The van der Waals surface area contributed by atoms with E-state index in [4.69, 9.17) is 4.42 Å². The molecule has 0 radical (unpaired) electrons. The number of aromatic nitrogens is 1. The van der Waals surface area contributed by atoms with Gasteiger partial charge in [0.15, 0.2) is 0 Å². The molecule has 0 aliphatic carbocycles. The Hall–Kier alpha value is -6.58. The summed E-state index contributed by atoms with van der Waals surface area (Å²) in [5.41, 5.74) is 11.2. The van der Waals surface area contributed by atoms with Crippen LogP contribution in [0.5, 0.6) is 0 Å². The second kappa shape index (κ2) is 9.96. The molecular formula is C46H28N2O. The van der Waals surface area contributed by atoms with Gasteiger partial charge in [0.2, 0.25) is 0 Å². The predicted octanol–water partition coefficient (Wildman–Crippen LogP) is 13.0. The van der Waals surface area contributed by atoms with Crippen molar-refractivity contribution in [2.75, 3.05) is 4.90 Å². The first-order valence-corrected chi connectivity index (χ1v) is 16.8. The van der Waals surface area contributed by atoms with Gasteiger partial charge in [-0.3, -0.25) is 0 Å². The fraction of sp³-hybridized carbons (Fsp3) is 0. The molecule has 0 atom stereocenters. The average molecular weight is 625 g/mol. The van der Waals surface area contributed by atoms with Gasteiger partial charge in [0.05, 0.1) is 16.6 Å². The summed E-state index contributed by atoms with van der Waals surface area (Å²) in [5.74, 6) is 0. The molecule has 3 nitrogen and oxygen atoms in total. The van der Waals surface area contributed by atoms with Crippen LogP contribution in [0.2, 0.25) is 0 Å². The zero-order valence-corrected chi connectivity index (χ0v) is 26.5. The van der Waals surface area contributed by atoms with Gasteiger partial charge in [-0.1, -0.05) is 109 Å². The smallest absolute Gasteiger partial charge is 0.135 e. The minimum atomic E-state index is 0.894. The van der Waals surface area contributed by atoms with Crippen molar-refractivity contribution in [1.29, 1.82) is 0 Å². The summed E-state index contributed by atoms with van der Waals surface area (Å²) in [6.45, 7) is 0. The van der Waals surface area contributed by atoms with E-state index in [0.29, 0.717) is 0 Å². The molecule has 11 rings (SSSR count). The highest BCUT2D eigenvalue weighted by Gasteiger charge is 2.19. The quantitative estimate of drug-likeness (QED) is 0.143. The largest absolute Gasteiger partial charge is 0.456 e. The SMILES string of the molecule is c1ccc(N(c2cccc(-c3ccc4c5ccc6cccc7c8ccccc8n(c4c3)c5c67)c2)c2ccc3oc4ccccc4c3c2)cc1. The maximum atomic E-state index is 6.18. The van der Waals surface area contributed by atoms with Crippen LogP contribution in [0, 0.1) is 0 Å². The van der Waals surface area contributed by atoms with E-state index < -0.39 is 0 Å². The Labute approximate surface area is 281 Å². The van der Waals surface area contributed by atoms with Crippen LogP contribution in [0.3, 0.4) is 0 Å². The van der Waals surface area contributed by atoms with E-state index >= 15 is 0 Å². The highest BCUT2D eigenvalue weighted by molar-refractivity contribution is 6.28. The topological polar surface area (TPSA) is 20.8 Å². The molecule has 0 amide bonds. The van der Waals surface area contributed by atoms with Crippen molar-refractivity contribution < 1.29 is 4.42 Å². The third-order valence-corrected chi connectivity index (χ3v) is 10.3. The number of hydrogen-bond acceptors (Lipinski definition) is 2. The minimum Gasteiger partial charge on any atom is -0.456 e. The maximum Gasteiger partial charge on any atom is 0.135 e. The van der Waals surface area contributed by atoms with E-state index in [2.05, 4.69) is 167 Å². The fourth-order valence-electron chi connectivity index (χ4n) is 8.13. The van der Waals surface area contributed by atoms with Crippen LogP contribution in [0.15, 0.2) is 174 Å². The van der Waals surface area contributed by atoms with Crippen molar-refractivity contribution >= 4 is 87.9 Å². The molecule has 3 aromatic heterocycles. The lowest BCUT2D eigenvalue weighted by atomic mass is 9.98. The van der Waals surface area contributed by atoms with Crippen molar-refractivity contribution in [1.82, 2.24) is 4.40 Å². The molecule has 0 spiro atoms. The maximum absolute atomic E-state index is 6.18. The van der Waals surface area contributed by atoms with Gasteiger partial charge in [0.1, 0.15) is 11.2 Å². The molecule has 0 unspecified atom stereocenters. The van der Waals surface area contributed by atoms with Gasteiger partial charge in [-0.05, 0) is 82.6 Å². The first kappa shape index (κ1) is 26.5. The number of para-hydroxylation sites is 3. The molecular weight excluding hydrogens is 597 g/mol. The summed E-state index contributed by atoms with van der Waals surface area (Å²) in [4.78, 5) is 2.34. The molecule has 3 heterocycles. The first-order valence-electron chi connectivity index (χ1n) is 16.8. The predicted molar refractivity (Wildman–Crippen MR) is 206 cm³/mol. The third-order valence-electron chi connectivity index (χ3n) is 10.3. The van der Waals surface area contributed by atoms with E-state index in [1.54, 1.807) is 0 Å². The van der Waals surface area contributed by atoms with Gasteiger partial charge in [-0.2, -0.15) is 0 Å². The van der Waals surface area contributed by atoms with Crippen molar-refractivity contribution in [3.63, 3.8) is 0 Å². The lowest BCUT2D eigenvalue weighted by molar-refractivity contribution is 0.669. The molecule has 0 saturated carbocycles. The molecule has 3 heteroatoms. The Kier molecular flexibility index (Phi) is 5.38. The Bertz CT molecular complexity index is 3060. The fourth-order valence-corrected chi connectivity index (χ4v) is 8.13. The van der Waals surface area contributed by atoms with Gasteiger partial charge in [-0.15, -0.1) is 0 Å². The third kappa shape index (κ3) is 3.78. The van der Waals surface area contributed by atoms with E-state index in [9.17, 15) is 0 Å². The van der Waals surface area contributed by atoms with E-state index in [0.717, 1.165) is 39.0 Å². The van der Waals surface area contributed by atoms with Crippen LogP contribution >= 0.6 is 0 Å². The minimum absolute atomic E-state index is 0.894. The summed E-state index contributed by atoms with van der Waals surface area (Å²) in [5, 5.41) is 10.00. The number of pyridine rings is 1. The number of benzene rings is 8. The van der Waals surface area contributed by atoms with Gasteiger partial charge in [0, 0.05) is 49.4 Å². The molecule has 0 bridgehead atoms. The monoisotopic (exact) mass is 624 g/mol. The number of rotatable bonds is 4. The van der Waals surface area contributed by atoms with Gasteiger partial charge in [-0.25, -0.2) is 0 Å². The number of furan rings is 1. The number of fused-ring (bicyclic) bond motifs is 9. The van der Waals surface area contributed by atoms with Gasteiger partial charge < -0.3 is 13.7 Å². The first-order chi connectivity index (χ1) is 24.3. The number of nitrogens with zero attached hydrogens (tertiary/aromatic N) is 2. The van der Waals surface area contributed by atoms with Crippen molar-refractivity contribution in [2.45, 2.75) is 0 Å². The van der Waals surface area contributed by atoms with Crippen molar-refractivity contribution in [2.24, 2.45) is 0 Å². The summed E-state index contributed by atoms with van der Waals surface area (Å²) < 4.78 is 8.67. The summed E-state index contributed by atoms with van der Waals surface area (Å²) >= 11 is 0. The highest BCUT2D eigenvalue weighted by atomic mass is 16.3. The Balaban J connectivity index is 1.12. The molecule has 11 aromatic rings. The second-order valence-electron chi connectivity index (χ2n) is 12.9. The highest BCUT2D eigenvalue weighted by Crippen LogP contribution is 2.43. The number of anilines is 3. The lowest BCUT2D eigenvalue weighted by Gasteiger charge is -2.26. The second-order valence-corrected chi connectivity index (χ2v) is 12.9. The van der Waals surface area contributed by atoms with Crippen LogP contribution < -0.4 is 4.90 Å². The standard InChI is InChI=1S/C46H28N2O/c1-2-12-32(13-3-1)47(34-22-25-44-40(28-34)37-16-5-7-19-43(37)49-44)33-14-8-11-30(26-33)31-21-23-36-39-24-20-29-10-9-17-38-35-15-4-6-18-41(35)48(42(36)27-31)46(39)45(29)38/h1-28H. The van der Waals surface area contributed by atoms with E-state index in [1.807, 2.05) is 12.1 Å². The summed E-state index contributed by atoms with van der Waals surface area (Å²) in [6, 6.07) is 61.3. The van der Waals surface area contributed by atoms with Crippen LogP contribution in [-0.4, -0.2) is 4.40 Å². The zero-order chi connectivity index (χ0) is 32.1. The molecule has 0 aliphatic rings. The molecule has 0 fully saturated rings.